The Bertz CT molecular complexity index is 2500. The molecule has 5 heterocycles. The number of fused-ring (bicyclic) bond motifs is 2. The van der Waals surface area contributed by atoms with E-state index in [1.807, 2.05) is 32.9 Å². The fourth-order valence-corrected chi connectivity index (χ4v) is 7.09. The summed E-state index contributed by atoms with van der Waals surface area (Å²) in [5.41, 5.74) is 15.3. The van der Waals surface area contributed by atoms with Crippen LogP contribution >= 0.6 is 11.3 Å². The zero-order valence-corrected chi connectivity index (χ0v) is 31.6. The Morgan fingerprint density at radius 1 is 0.964 bits per heavy atom. The number of carbonyl (C=O) groups excluding carboxylic acids is 3. The molecule has 3 amide bonds. The Labute approximate surface area is 318 Å². The molecule has 0 aliphatic rings. The molecule has 1 aromatic carbocycles. The Balaban J connectivity index is 1.40. The molecule has 7 N–H and O–H groups in total. The maximum Gasteiger partial charge on any atom is 0.297 e. The molecule has 0 radical (unpaired) electrons. The van der Waals surface area contributed by atoms with Gasteiger partial charge in [0.05, 0.1) is 39.5 Å². The first-order chi connectivity index (χ1) is 26.4. The lowest BCUT2D eigenvalue weighted by atomic mass is 10.1. The highest BCUT2D eigenvalue weighted by molar-refractivity contribution is 7.16. The largest absolute Gasteiger partial charge is 0.491 e. The molecule has 0 fully saturated rings. The van der Waals surface area contributed by atoms with Gasteiger partial charge in [0.1, 0.15) is 17.0 Å². The molecule has 0 saturated carbocycles. The number of allylic oxidation sites excluding steroid dienone is 2. The second-order valence-electron chi connectivity index (χ2n) is 12.5. The molecule has 1 unspecified atom stereocenters. The number of carbonyl (C=O) groups is 3. The molecule has 0 aliphatic carbocycles. The number of primary amides is 2. The summed E-state index contributed by atoms with van der Waals surface area (Å²) in [7, 11) is 0. The number of nitrogens with zero attached hydrogens (tertiary/aromatic N) is 9. The van der Waals surface area contributed by atoms with Gasteiger partial charge in [0.15, 0.2) is 16.7 Å². The van der Waals surface area contributed by atoms with Crippen LogP contribution in [0.5, 0.6) is 5.75 Å². The van der Waals surface area contributed by atoms with Crippen molar-refractivity contribution in [1.82, 2.24) is 38.7 Å². The number of hydrogen-bond acceptors (Lipinski definition) is 12. The van der Waals surface area contributed by atoms with Crippen LogP contribution in [-0.2, 0) is 26.2 Å². The highest BCUT2D eigenvalue weighted by atomic mass is 32.1. The predicted molar refractivity (Wildman–Crippen MR) is 204 cm³/mol. The number of imidazole rings is 1. The molecule has 0 spiro atoms. The van der Waals surface area contributed by atoms with E-state index in [-0.39, 0.29) is 43.4 Å². The van der Waals surface area contributed by atoms with Gasteiger partial charge in [-0.2, -0.15) is 15.2 Å². The third-order valence-electron chi connectivity index (χ3n) is 8.60. The zero-order chi connectivity index (χ0) is 39.4. The zero-order valence-electron chi connectivity index (χ0n) is 30.8. The number of ether oxygens (including phenoxy) is 1. The molecule has 0 saturated heterocycles. The van der Waals surface area contributed by atoms with E-state index >= 15 is 0 Å². The number of amides is 3. The van der Waals surface area contributed by atoms with Gasteiger partial charge in [-0.3, -0.25) is 28.3 Å². The average molecular weight is 771 g/mol. The van der Waals surface area contributed by atoms with Gasteiger partial charge in [0.25, 0.3) is 5.91 Å². The molecule has 1 atom stereocenters. The normalized spacial score (nSPS) is 12.7. The molecule has 18 nitrogen and oxygen atoms in total. The van der Waals surface area contributed by atoms with Crippen molar-refractivity contribution in [3.05, 3.63) is 87.4 Å². The van der Waals surface area contributed by atoms with Gasteiger partial charge >= 0.3 is 0 Å². The summed E-state index contributed by atoms with van der Waals surface area (Å²) in [5, 5.41) is 32.6. The van der Waals surface area contributed by atoms with E-state index in [0.29, 0.717) is 68.5 Å². The number of pyridine rings is 1. The number of rotatable bonds is 16. The van der Waals surface area contributed by atoms with Crippen LogP contribution in [0.3, 0.4) is 0 Å². The summed E-state index contributed by atoms with van der Waals surface area (Å²) in [4.78, 5) is 51.7. The number of hydrogen-bond donors (Lipinski definition) is 5. The minimum atomic E-state index is -1.20. The van der Waals surface area contributed by atoms with Gasteiger partial charge in [0, 0.05) is 51.0 Å². The highest BCUT2D eigenvalue weighted by Gasteiger charge is 2.22. The molecule has 0 bridgehead atoms. The summed E-state index contributed by atoms with van der Waals surface area (Å²) in [6.07, 6.45) is 4.23. The van der Waals surface area contributed by atoms with Crippen LogP contribution in [0.2, 0.25) is 0 Å². The molecular weight excluding hydrogens is 729 g/mol. The summed E-state index contributed by atoms with van der Waals surface area (Å²) in [6.45, 7) is 8.94. The number of aromatic nitrogens is 8. The second kappa shape index (κ2) is 16.5. The maximum atomic E-state index is 13.4. The molecule has 55 heavy (non-hydrogen) atoms. The van der Waals surface area contributed by atoms with Crippen molar-refractivity contribution < 1.29 is 29.3 Å². The Kier molecular flexibility index (Phi) is 11.5. The van der Waals surface area contributed by atoms with Gasteiger partial charge in [0.2, 0.25) is 17.8 Å². The summed E-state index contributed by atoms with van der Waals surface area (Å²) >= 11 is 1.19. The first kappa shape index (κ1) is 38.5. The molecule has 0 aliphatic heterocycles. The van der Waals surface area contributed by atoms with Crippen LogP contribution in [0.1, 0.15) is 74.8 Å². The predicted octanol–water partition coefficient (Wildman–Crippen LogP) is 2.56. The minimum absolute atomic E-state index is 0.0977. The van der Waals surface area contributed by atoms with Crippen LogP contribution < -0.4 is 26.3 Å². The second-order valence-corrected chi connectivity index (χ2v) is 13.5. The summed E-state index contributed by atoms with van der Waals surface area (Å²) in [6, 6.07) is 8.14. The Morgan fingerprint density at radius 2 is 1.65 bits per heavy atom. The maximum absolute atomic E-state index is 13.4. The number of aliphatic hydroxyl groups excluding tert-OH is 2. The Hall–Kier alpha value is -6.18. The average Bonchev–Trinajstić information content (AvgIpc) is 3.92. The minimum Gasteiger partial charge on any atom is -0.491 e. The van der Waals surface area contributed by atoms with Crippen LogP contribution in [0.15, 0.2) is 53.7 Å². The summed E-state index contributed by atoms with van der Waals surface area (Å²) in [5.74, 6) is -1.22. The number of benzene rings is 1. The van der Waals surface area contributed by atoms with Crippen molar-refractivity contribution in [2.75, 3.05) is 18.5 Å². The van der Waals surface area contributed by atoms with Crippen molar-refractivity contribution >= 4 is 56.4 Å². The summed E-state index contributed by atoms with van der Waals surface area (Å²) < 4.78 is 13.4. The van der Waals surface area contributed by atoms with E-state index in [9.17, 15) is 24.6 Å². The van der Waals surface area contributed by atoms with Crippen molar-refractivity contribution in [3.8, 4) is 5.75 Å². The van der Waals surface area contributed by atoms with Crippen LogP contribution in [-0.4, -0.2) is 79.8 Å². The third-order valence-corrected chi connectivity index (χ3v) is 9.61. The van der Waals surface area contributed by atoms with Crippen molar-refractivity contribution in [1.29, 1.82) is 0 Å². The van der Waals surface area contributed by atoms with E-state index in [2.05, 4.69) is 25.5 Å². The number of anilines is 1. The SMILES string of the molecule is CCn1nc(C)cc1C(=O)/N=c1\sc2cc(C(N)=O)cnc2n1C/C=C/Cn1c(NC(O)c2cc(C)nn2CC)nc2cc(C(N)=O)cc(OCCCO)c21. The van der Waals surface area contributed by atoms with E-state index in [1.165, 1.54) is 23.6 Å². The number of aryl methyl sites for hydroxylation is 4. The number of nitrogens with one attached hydrogen (secondary N) is 1. The highest BCUT2D eigenvalue weighted by Crippen LogP contribution is 2.32. The van der Waals surface area contributed by atoms with Gasteiger partial charge < -0.3 is 36.3 Å². The lowest BCUT2D eigenvalue weighted by Crippen LogP contribution is -2.19. The number of aliphatic hydroxyl groups is 2. The van der Waals surface area contributed by atoms with Gasteiger partial charge in [-0.25, -0.2) is 9.97 Å². The topological polar surface area (TPSA) is 249 Å². The van der Waals surface area contributed by atoms with Crippen LogP contribution in [0.25, 0.3) is 21.4 Å². The standard InChI is InChI=1S/C36H42N12O6S/c1-5-47-25(14-20(3)43-47)33(52)41-35-40-24-16-22(30(37)50)17-27(54-13-9-12-49)29(24)45(35)10-7-8-11-46-32-28(18-23(19-39-32)31(38)51)55-36(46)42-34(53)26-15-21(4)44-48(26)6-2/h7-8,14-19,33,49,52H,5-6,9-13H2,1-4H3,(H2,37,50)(H2,38,51)(H,40,41)/b8-7+,42-36-. The molecule has 288 valence electrons. The molecule has 6 rings (SSSR count). The quantitative estimate of drug-likeness (QED) is 0.0544. The number of thiazole rings is 1. The fraction of sp³-hybridized carbons (Fsp3) is 0.333. The van der Waals surface area contributed by atoms with Gasteiger partial charge in [-0.05, 0) is 58.0 Å². The molecule has 19 heteroatoms. The van der Waals surface area contributed by atoms with Crippen molar-refractivity contribution in [2.45, 2.75) is 66.5 Å². The fourth-order valence-electron chi connectivity index (χ4n) is 6.06. The first-order valence-corrected chi connectivity index (χ1v) is 18.4. The lowest BCUT2D eigenvalue weighted by molar-refractivity contribution is 0.0982. The van der Waals surface area contributed by atoms with E-state index < -0.39 is 23.9 Å². The van der Waals surface area contributed by atoms with Crippen molar-refractivity contribution in [2.24, 2.45) is 16.5 Å². The molecular formula is C36H42N12O6S. The van der Waals surface area contributed by atoms with E-state index in [4.69, 9.17) is 21.2 Å². The van der Waals surface area contributed by atoms with E-state index in [1.54, 1.807) is 49.7 Å². The monoisotopic (exact) mass is 770 g/mol. The number of nitrogens with two attached hydrogens (primary N) is 2. The third kappa shape index (κ3) is 8.17. The van der Waals surface area contributed by atoms with Gasteiger partial charge in [-0.1, -0.05) is 23.5 Å². The Morgan fingerprint density at radius 3 is 2.35 bits per heavy atom. The molecule has 5 aromatic heterocycles. The van der Waals surface area contributed by atoms with Crippen LogP contribution in [0.4, 0.5) is 5.95 Å². The van der Waals surface area contributed by atoms with E-state index in [0.717, 1.165) is 5.69 Å². The van der Waals surface area contributed by atoms with Gasteiger partial charge in [-0.15, -0.1) is 0 Å². The molecule has 6 aromatic rings. The van der Waals surface area contributed by atoms with Crippen molar-refractivity contribution in [3.63, 3.8) is 0 Å². The lowest BCUT2D eigenvalue weighted by Gasteiger charge is -2.16. The smallest absolute Gasteiger partial charge is 0.297 e. The first-order valence-electron chi connectivity index (χ1n) is 17.6. The van der Waals surface area contributed by atoms with Crippen LogP contribution in [0, 0.1) is 13.8 Å².